The third kappa shape index (κ3) is 3.63. The van der Waals surface area contributed by atoms with Crippen LogP contribution in [0.4, 0.5) is 0 Å². The van der Waals surface area contributed by atoms with Crippen molar-refractivity contribution in [2.24, 2.45) is 0 Å². The average Bonchev–Trinajstić information content (AvgIpc) is 2.60. The molecule has 0 unspecified atom stereocenters. The lowest BCUT2D eigenvalue weighted by atomic mass is 10.0. The van der Waals surface area contributed by atoms with Gasteiger partial charge in [-0.2, -0.15) is 0 Å². The van der Waals surface area contributed by atoms with Crippen LogP contribution in [0.1, 0.15) is 35.3 Å². The van der Waals surface area contributed by atoms with E-state index in [0.29, 0.717) is 16.9 Å². The van der Waals surface area contributed by atoms with Gasteiger partial charge in [0, 0.05) is 23.1 Å². The molecule has 0 bridgehead atoms. The van der Waals surface area contributed by atoms with Crippen LogP contribution < -0.4 is 10.4 Å². The summed E-state index contributed by atoms with van der Waals surface area (Å²) in [5.41, 5.74) is 2.70. The number of hydrogen-bond donors (Lipinski definition) is 0. The zero-order valence-corrected chi connectivity index (χ0v) is 14.5. The molecule has 0 aliphatic rings. The van der Waals surface area contributed by atoms with E-state index < -0.39 is 11.7 Å². The molecule has 0 saturated heterocycles. The highest BCUT2D eigenvalue weighted by Gasteiger charge is 2.17. The van der Waals surface area contributed by atoms with Crippen LogP contribution in [0.3, 0.4) is 0 Å². The van der Waals surface area contributed by atoms with E-state index in [1.54, 1.807) is 19.1 Å². The lowest BCUT2D eigenvalue weighted by Gasteiger charge is -2.14. The molecule has 1 atom stereocenters. The molecule has 3 aromatic rings. The van der Waals surface area contributed by atoms with Gasteiger partial charge in [-0.1, -0.05) is 31.2 Å². The average molecular weight is 336 g/mol. The topological polar surface area (TPSA) is 56.5 Å². The van der Waals surface area contributed by atoms with Crippen molar-refractivity contribution in [2.75, 3.05) is 0 Å². The maximum Gasteiger partial charge on any atom is 0.336 e. The molecule has 2 aromatic carbocycles. The van der Waals surface area contributed by atoms with Crippen LogP contribution in [0.2, 0.25) is 0 Å². The molecule has 0 aliphatic heterocycles. The Hall–Kier alpha value is -2.88. The van der Waals surface area contributed by atoms with E-state index in [1.807, 2.05) is 37.3 Å². The summed E-state index contributed by atoms with van der Waals surface area (Å²) >= 11 is 0. The number of ether oxygens (including phenoxy) is 1. The van der Waals surface area contributed by atoms with Crippen molar-refractivity contribution < 1.29 is 13.9 Å². The Labute approximate surface area is 146 Å². The van der Waals surface area contributed by atoms with E-state index in [1.165, 1.54) is 11.6 Å². The summed E-state index contributed by atoms with van der Waals surface area (Å²) in [7, 11) is 0. The van der Waals surface area contributed by atoms with E-state index in [2.05, 4.69) is 6.92 Å². The van der Waals surface area contributed by atoms with Crippen molar-refractivity contribution in [3.63, 3.8) is 0 Å². The monoisotopic (exact) mass is 336 g/mol. The van der Waals surface area contributed by atoms with Gasteiger partial charge in [-0.05, 0) is 43.5 Å². The Morgan fingerprint density at radius 1 is 1.12 bits per heavy atom. The van der Waals surface area contributed by atoms with E-state index in [-0.39, 0.29) is 5.78 Å². The smallest absolute Gasteiger partial charge is 0.336 e. The first-order chi connectivity index (χ1) is 12.0. The minimum Gasteiger partial charge on any atom is -0.482 e. The van der Waals surface area contributed by atoms with Crippen molar-refractivity contribution in [3.05, 3.63) is 75.6 Å². The molecule has 4 nitrogen and oxygen atoms in total. The Kier molecular flexibility index (Phi) is 4.70. The Balaban J connectivity index is 1.82. The van der Waals surface area contributed by atoms with Gasteiger partial charge < -0.3 is 9.15 Å². The highest BCUT2D eigenvalue weighted by Crippen LogP contribution is 2.23. The van der Waals surface area contributed by atoms with Gasteiger partial charge in [-0.3, -0.25) is 4.79 Å². The molecule has 0 radical (unpaired) electrons. The minimum absolute atomic E-state index is 0.0894. The summed E-state index contributed by atoms with van der Waals surface area (Å²) in [6.45, 7) is 5.64. The predicted molar refractivity (Wildman–Crippen MR) is 97.5 cm³/mol. The number of aryl methyl sites for hydroxylation is 2. The Bertz CT molecular complexity index is 967. The number of rotatable bonds is 5. The number of carbonyl (C=O) groups excluding carboxylic acids is 1. The van der Waals surface area contributed by atoms with Crippen molar-refractivity contribution >= 4 is 16.8 Å². The second-order valence-electron chi connectivity index (χ2n) is 6.08. The highest BCUT2D eigenvalue weighted by molar-refractivity contribution is 5.99. The van der Waals surface area contributed by atoms with Gasteiger partial charge in [-0.25, -0.2) is 4.79 Å². The van der Waals surface area contributed by atoms with E-state index >= 15 is 0 Å². The summed E-state index contributed by atoms with van der Waals surface area (Å²) in [5, 5.41) is 0.848. The quantitative estimate of drug-likeness (QED) is 0.514. The molecule has 0 N–H and O–H groups in total. The normalized spacial score (nSPS) is 12.1. The molecular weight excluding hydrogens is 316 g/mol. The molecule has 0 fully saturated rings. The van der Waals surface area contributed by atoms with Crippen molar-refractivity contribution in [1.29, 1.82) is 0 Å². The summed E-state index contributed by atoms with van der Waals surface area (Å²) in [4.78, 5) is 24.0. The third-order valence-corrected chi connectivity index (χ3v) is 4.25. The lowest BCUT2D eigenvalue weighted by Crippen LogP contribution is -2.23. The zero-order chi connectivity index (χ0) is 18.0. The summed E-state index contributed by atoms with van der Waals surface area (Å²) in [6, 6.07) is 14.3. The van der Waals surface area contributed by atoms with Gasteiger partial charge >= 0.3 is 5.63 Å². The van der Waals surface area contributed by atoms with Crippen LogP contribution in [-0.2, 0) is 6.42 Å². The first-order valence-corrected chi connectivity index (χ1v) is 8.32. The molecule has 3 rings (SSSR count). The molecule has 25 heavy (non-hydrogen) atoms. The van der Waals surface area contributed by atoms with E-state index in [0.717, 1.165) is 17.4 Å². The second kappa shape index (κ2) is 6.93. The minimum atomic E-state index is -0.638. The van der Waals surface area contributed by atoms with Crippen LogP contribution in [0, 0.1) is 6.92 Å². The van der Waals surface area contributed by atoms with Crippen molar-refractivity contribution in [3.8, 4) is 5.75 Å². The maximum atomic E-state index is 12.5. The first kappa shape index (κ1) is 17.0. The van der Waals surface area contributed by atoms with Gasteiger partial charge in [0.2, 0.25) is 5.78 Å². The summed E-state index contributed by atoms with van der Waals surface area (Å²) in [5.74, 6) is 0.403. The lowest BCUT2D eigenvalue weighted by molar-refractivity contribution is 0.0818. The zero-order valence-electron chi connectivity index (χ0n) is 14.5. The summed E-state index contributed by atoms with van der Waals surface area (Å²) < 4.78 is 11.0. The molecule has 0 amide bonds. The molecule has 1 aromatic heterocycles. The number of ketones is 1. The van der Waals surface area contributed by atoms with E-state index in [9.17, 15) is 9.59 Å². The SMILES string of the molecule is CCc1ccc(C(=O)[C@@H](C)Oc2ccc3c(C)cc(=O)oc3c2)cc1. The van der Waals surface area contributed by atoms with E-state index in [4.69, 9.17) is 9.15 Å². The highest BCUT2D eigenvalue weighted by atomic mass is 16.5. The molecule has 0 saturated carbocycles. The fourth-order valence-electron chi connectivity index (χ4n) is 2.78. The first-order valence-electron chi connectivity index (χ1n) is 8.32. The van der Waals surface area contributed by atoms with Crippen molar-refractivity contribution in [1.82, 2.24) is 0 Å². The summed E-state index contributed by atoms with van der Waals surface area (Å²) in [6.07, 6.45) is 0.295. The van der Waals surface area contributed by atoms with Gasteiger partial charge in [0.25, 0.3) is 0 Å². The van der Waals surface area contributed by atoms with Crippen molar-refractivity contribution in [2.45, 2.75) is 33.3 Å². The molecular formula is C21H20O4. The third-order valence-electron chi connectivity index (χ3n) is 4.25. The number of benzene rings is 2. The Morgan fingerprint density at radius 3 is 2.52 bits per heavy atom. The van der Waals surface area contributed by atoms with Crippen LogP contribution in [0.5, 0.6) is 5.75 Å². The van der Waals surface area contributed by atoms with Gasteiger partial charge in [-0.15, -0.1) is 0 Å². The molecule has 1 heterocycles. The number of hydrogen-bond acceptors (Lipinski definition) is 4. The molecule has 0 aliphatic carbocycles. The van der Waals surface area contributed by atoms with Crippen LogP contribution in [0.25, 0.3) is 11.0 Å². The molecule has 0 spiro atoms. The Morgan fingerprint density at radius 2 is 1.84 bits per heavy atom. The fraction of sp³-hybridized carbons (Fsp3) is 0.238. The van der Waals surface area contributed by atoms with Gasteiger partial charge in [0.1, 0.15) is 11.3 Å². The maximum absolute atomic E-state index is 12.5. The predicted octanol–water partition coefficient (Wildman–Crippen LogP) is 4.31. The van der Waals surface area contributed by atoms with Crippen LogP contribution in [-0.4, -0.2) is 11.9 Å². The number of Topliss-reactive ketones (excluding diaryl/α,β-unsaturated/α-hetero) is 1. The van der Waals surface area contributed by atoms with Crippen LogP contribution >= 0.6 is 0 Å². The largest absolute Gasteiger partial charge is 0.482 e. The van der Waals surface area contributed by atoms with Crippen LogP contribution in [0.15, 0.2) is 57.7 Å². The fourth-order valence-corrected chi connectivity index (χ4v) is 2.78. The molecule has 4 heteroatoms. The number of fused-ring (bicyclic) bond motifs is 1. The second-order valence-corrected chi connectivity index (χ2v) is 6.08. The van der Waals surface area contributed by atoms with Gasteiger partial charge in [0.05, 0.1) is 0 Å². The standard InChI is InChI=1S/C21H20O4/c1-4-15-5-7-16(8-6-15)21(23)14(3)24-17-9-10-18-13(2)11-20(22)25-19(18)12-17/h5-12,14H,4H2,1-3H3/t14-/m1/s1. The van der Waals surface area contributed by atoms with Gasteiger partial charge in [0.15, 0.2) is 6.10 Å². The number of carbonyl (C=O) groups is 1. The molecule has 128 valence electrons.